The molecular formula is C15H14FN5O. The zero-order valence-corrected chi connectivity index (χ0v) is 11.6. The molecule has 6 nitrogen and oxygen atoms in total. The van der Waals surface area contributed by atoms with Crippen LogP contribution < -0.4 is 11.1 Å². The molecule has 3 heterocycles. The summed E-state index contributed by atoms with van der Waals surface area (Å²) in [5.41, 5.74) is 6.69. The zero-order valence-electron chi connectivity index (χ0n) is 11.6. The van der Waals surface area contributed by atoms with Crippen molar-refractivity contribution >= 4 is 11.9 Å². The molecular weight excluding hydrogens is 285 g/mol. The standard InChI is InChI=1S/C15H14FN5O/c16-10-5-3-9(4-6-10)11-8-12(13-2-1-7-22-13)21-15(18-11)19-14(17)20-21/h1-7,11-12H,8H2,(H3,17,18,19,20)/t11-,12-/m0/s1. The maximum absolute atomic E-state index is 13.1. The SMILES string of the molecule is Nc1nc2n(n1)[C@H](c1ccco1)C[C@@H](c1ccc(F)cc1)N2. The fourth-order valence-electron chi connectivity index (χ4n) is 2.83. The number of nitrogens with one attached hydrogen (secondary N) is 1. The molecule has 22 heavy (non-hydrogen) atoms. The molecule has 0 saturated heterocycles. The molecule has 0 spiro atoms. The lowest BCUT2D eigenvalue weighted by Gasteiger charge is -2.30. The van der Waals surface area contributed by atoms with Crippen molar-refractivity contribution < 1.29 is 8.81 Å². The van der Waals surface area contributed by atoms with E-state index in [1.807, 2.05) is 12.1 Å². The number of halogens is 1. The normalized spacial score (nSPS) is 20.4. The van der Waals surface area contributed by atoms with Crippen molar-refractivity contribution in [1.82, 2.24) is 14.8 Å². The third-order valence-electron chi connectivity index (χ3n) is 3.85. The maximum atomic E-state index is 13.1. The minimum absolute atomic E-state index is 0.0215. The van der Waals surface area contributed by atoms with Gasteiger partial charge >= 0.3 is 0 Å². The van der Waals surface area contributed by atoms with E-state index >= 15 is 0 Å². The van der Waals surface area contributed by atoms with Crippen molar-refractivity contribution in [3.05, 3.63) is 59.8 Å². The van der Waals surface area contributed by atoms with Gasteiger partial charge in [-0.25, -0.2) is 9.07 Å². The molecule has 1 aliphatic rings. The number of rotatable bonds is 2. The Balaban J connectivity index is 1.74. The lowest BCUT2D eigenvalue weighted by Crippen LogP contribution is -2.27. The van der Waals surface area contributed by atoms with E-state index in [0.717, 1.165) is 11.3 Å². The highest BCUT2D eigenvalue weighted by atomic mass is 19.1. The number of hydrogen-bond donors (Lipinski definition) is 2. The van der Waals surface area contributed by atoms with Crippen molar-refractivity contribution in [3.63, 3.8) is 0 Å². The summed E-state index contributed by atoms with van der Waals surface area (Å²) in [7, 11) is 0. The summed E-state index contributed by atoms with van der Waals surface area (Å²) < 4.78 is 20.4. The van der Waals surface area contributed by atoms with E-state index in [1.165, 1.54) is 12.1 Å². The molecule has 0 aliphatic carbocycles. The first-order chi connectivity index (χ1) is 10.7. The fraction of sp³-hybridized carbons (Fsp3) is 0.200. The predicted octanol–water partition coefficient (Wildman–Crippen LogP) is 2.74. The van der Waals surface area contributed by atoms with Crippen LogP contribution in [0.2, 0.25) is 0 Å². The van der Waals surface area contributed by atoms with Gasteiger partial charge in [0.25, 0.3) is 0 Å². The largest absolute Gasteiger partial charge is 0.467 e. The van der Waals surface area contributed by atoms with Crippen LogP contribution in [-0.4, -0.2) is 14.8 Å². The molecule has 4 rings (SSSR count). The first-order valence-corrected chi connectivity index (χ1v) is 6.98. The molecule has 0 bridgehead atoms. The highest BCUT2D eigenvalue weighted by molar-refractivity contribution is 5.40. The molecule has 2 aromatic heterocycles. The number of anilines is 2. The summed E-state index contributed by atoms with van der Waals surface area (Å²) in [5, 5.41) is 7.52. The number of benzene rings is 1. The lowest BCUT2D eigenvalue weighted by molar-refractivity contribution is 0.359. The van der Waals surface area contributed by atoms with Crippen LogP contribution in [-0.2, 0) is 0 Å². The Morgan fingerprint density at radius 2 is 2.09 bits per heavy atom. The highest BCUT2D eigenvalue weighted by Crippen LogP contribution is 2.37. The van der Waals surface area contributed by atoms with Crippen LogP contribution in [0.5, 0.6) is 0 Å². The molecule has 7 heteroatoms. The van der Waals surface area contributed by atoms with Gasteiger partial charge in [-0.1, -0.05) is 12.1 Å². The summed E-state index contributed by atoms with van der Waals surface area (Å²) in [6.07, 6.45) is 2.33. The van der Waals surface area contributed by atoms with Crippen molar-refractivity contribution in [3.8, 4) is 0 Å². The average Bonchev–Trinajstić information content (AvgIpc) is 3.15. The van der Waals surface area contributed by atoms with Crippen molar-refractivity contribution in [2.75, 3.05) is 11.1 Å². The summed E-state index contributed by atoms with van der Waals surface area (Å²) in [6.45, 7) is 0. The van der Waals surface area contributed by atoms with E-state index in [-0.39, 0.29) is 23.8 Å². The number of furan rings is 1. The van der Waals surface area contributed by atoms with E-state index in [4.69, 9.17) is 10.2 Å². The number of aromatic nitrogens is 3. The Kier molecular flexibility index (Phi) is 2.85. The van der Waals surface area contributed by atoms with E-state index < -0.39 is 0 Å². The smallest absolute Gasteiger partial charge is 0.241 e. The molecule has 1 aliphatic heterocycles. The molecule has 1 aromatic carbocycles. The van der Waals surface area contributed by atoms with Gasteiger partial charge in [0.1, 0.15) is 17.6 Å². The Labute approximate surface area is 125 Å². The average molecular weight is 299 g/mol. The molecule has 3 N–H and O–H groups in total. The zero-order chi connectivity index (χ0) is 15.1. The second kappa shape index (κ2) is 4.87. The number of hydrogen-bond acceptors (Lipinski definition) is 5. The van der Waals surface area contributed by atoms with Gasteiger partial charge in [0.2, 0.25) is 11.9 Å². The monoisotopic (exact) mass is 299 g/mol. The third kappa shape index (κ3) is 2.11. The number of nitrogens with two attached hydrogens (primary N) is 1. The predicted molar refractivity (Wildman–Crippen MR) is 78.7 cm³/mol. The van der Waals surface area contributed by atoms with Crippen molar-refractivity contribution in [2.45, 2.75) is 18.5 Å². The van der Waals surface area contributed by atoms with E-state index in [2.05, 4.69) is 15.4 Å². The van der Waals surface area contributed by atoms with Crippen molar-refractivity contribution in [2.24, 2.45) is 0 Å². The number of nitrogens with zero attached hydrogens (tertiary/aromatic N) is 3. The van der Waals surface area contributed by atoms with Gasteiger partial charge in [0.05, 0.1) is 12.3 Å². The Morgan fingerprint density at radius 3 is 2.82 bits per heavy atom. The fourth-order valence-corrected chi connectivity index (χ4v) is 2.83. The quantitative estimate of drug-likeness (QED) is 0.760. The second-order valence-electron chi connectivity index (χ2n) is 5.25. The molecule has 0 unspecified atom stereocenters. The molecule has 0 fully saturated rings. The first kappa shape index (κ1) is 12.9. The Bertz CT molecular complexity index is 781. The summed E-state index contributed by atoms with van der Waals surface area (Å²) in [5.74, 6) is 1.33. The molecule has 3 aromatic rings. The third-order valence-corrected chi connectivity index (χ3v) is 3.85. The summed E-state index contributed by atoms with van der Waals surface area (Å²) in [6, 6.07) is 10.0. The Hall–Kier alpha value is -2.83. The van der Waals surface area contributed by atoms with Gasteiger partial charge in [0, 0.05) is 6.42 Å². The van der Waals surface area contributed by atoms with Crippen molar-refractivity contribution in [1.29, 1.82) is 0 Å². The first-order valence-electron chi connectivity index (χ1n) is 6.98. The van der Waals surface area contributed by atoms with E-state index in [0.29, 0.717) is 12.4 Å². The molecule has 0 amide bonds. The van der Waals surface area contributed by atoms with Crippen LogP contribution in [0.4, 0.5) is 16.3 Å². The van der Waals surface area contributed by atoms with Crippen LogP contribution >= 0.6 is 0 Å². The van der Waals surface area contributed by atoms with Crippen LogP contribution in [0.25, 0.3) is 0 Å². The van der Waals surface area contributed by atoms with Gasteiger partial charge in [-0.05, 0) is 29.8 Å². The van der Waals surface area contributed by atoms with Gasteiger partial charge in [-0.15, -0.1) is 5.10 Å². The minimum atomic E-state index is -0.255. The molecule has 2 atom stereocenters. The van der Waals surface area contributed by atoms with Gasteiger partial charge < -0.3 is 15.5 Å². The number of nitrogen functional groups attached to an aromatic ring is 1. The number of fused-ring (bicyclic) bond motifs is 1. The molecule has 112 valence electrons. The molecule has 0 saturated carbocycles. The van der Waals surface area contributed by atoms with Crippen LogP contribution in [0.1, 0.15) is 29.8 Å². The van der Waals surface area contributed by atoms with Gasteiger partial charge in [-0.2, -0.15) is 4.98 Å². The molecule has 0 radical (unpaired) electrons. The minimum Gasteiger partial charge on any atom is -0.467 e. The lowest BCUT2D eigenvalue weighted by atomic mass is 9.96. The topological polar surface area (TPSA) is 81.9 Å². The summed E-state index contributed by atoms with van der Waals surface area (Å²) in [4.78, 5) is 4.21. The summed E-state index contributed by atoms with van der Waals surface area (Å²) >= 11 is 0. The van der Waals surface area contributed by atoms with Gasteiger partial charge in [-0.3, -0.25) is 0 Å². The Morgan fingerprint density at radius 1 is 1.27 bits per heavy atom. The van der Waals surface area contributed by atoms with E-state index in [9.17, 15) is 4.39 Å². The van der Waals surface area contributed by atoms with E-state index in [1.54, 1.807) is 23.1 Å². The van der Waals surface area contributed by atoms with Gasteiger partial charge in [0.15, 0.2) is 0 Å². The second-order valence-corrected chi connectivity index (χ2v) is 5.25. The van der Waals surface area contributed by atoms with Crippen LogP contribution in [0.15, 0.2) is 47.1 Å². The highest BCUT2D eigenvalue weighted by Gasteiger charge is 2.32. The maximum Gasteiger partial charge on any atom is 0.241 e. The van der Waals surface area contributed by atoms with Crippen LogP contribution in [0.3, 0.4) is 0 Å². The van der Waals surface area contributed by atoms with Crippen LogP contribution in [0, 0.1) is 5.82 Å².